The van der Waals surface area contributed by atoms with Gasteiger partial charge in [-0.25, -0.2) is 15.0 Å². The first-order valence-electron chi connectivity index (χ1n) is 5.84. The van der Waals surface area contributed by atoms with E-state index in [2.05, 4.69) is 34.1 Å². The molecule has 0 fully saturated rings. The maximum atomic E-state index is 4.54. The van der Waals surface area contributed by atoms with Crippen LogP contribution in [0.25, 0.3) is 11.5 Å². The topological polar surface area (TPSA) is 55.6 Å². The molecule has 17 heavy (non-hydrogen) atoms. The van der Waals surface area contributed by atoms with E-state index in [4.69, 9.17) is 0 Å². The van der Waals surface area contributed by atoms with Crippen LogP contribution in [0.3, 0.4) is 0 Å². The van der Waals surface area contributed by atoms with E-state index in [9.17, 15) is 0 Å². The van der Waals surface area contributed by atoms with Crippen LogP contribution in [0.2, 0.25) is 0 Å². The van der Waals surface area contributed by atoms with Gasteiger partial charge in [-0.3, -0.25) is 0 Å². The molecule has 0 aliphatic heterocycles. The second-order valence-electron chi connectivity index (χ2n) is 3.74. The van der Waals surface area contributed by atoms with Crippen molar-refractivity contribution in [2.45, 2.75) is 26.8 Å². The van der Waals surface area contributed by atoms with Crippen LogP contribution >= 0.6 is 0 Å². The first-order valence-corrected chi connectivity index (χ1v) is 5.84. The van der Waals surface area contributed by atoms with E-state index >= 15 is 0 Å². The first kappa shape index (κ1) is 11.6. The van der Waals surface area contributed by atoms with Crippen molar-refractivity contribution in [1.82, 2.24) is 19.5 Å². The lowest BCUT2D eigenvalue weighted by Crippen LogP contribution is -2.03. The third-order valence-corrected chi connectivity index (χ3v) is 2.68. The molecule has 0 amide bonds. The molecule has 0 aromatic carbocycles. The highest BCUT2D eigenvalue weighted by Crippen LogP contribution is 2.17. The van der Waals surface area contributed by atoms with Crippen molar-refractivity contribution in [3.8, 4) is 11.5 Å². The molecule has 0 saturated carbocycles. The van der Waals surface area contributed by atoms with Crippen LogP contribution in [0, 0.1) is 0 Å². The van der Waals surface area contributed by atoms with Crippen molar-refractivity contribution < 1.29 is 0 Å². The van der Waals surface area contributed by atoms with Gasteiger partial charge in [0.1, 0.15) is 11.5 Å². The Morgan fingerprint density at radius 3 is 2.76 bits per heavy atom. The lowest BCUT2D eigenvalue weighted by Gasteiger charge is -2.08. The minimum Gasteiger partial charge on any atom is -0.373 e. The van der Waals surface area contributed by atoms with Gasteiger partial charge in [-0.1, -0.05) is 6.92 Å². The molecular formula is C12H17N5. The van der Waals surface area contributed by atoms with Crippen molar-refractivity contribution in [2.24, 2.45) is 0 Å². The summed E-state index contributed by atoms with van der Waals surface area (Å²) in [5, 5.41) is 3.06. The summed E-state index contributed by atoms with van der Waals surface area (Å²) in [6.07, 6.45) is 4.50. The molecule has 0 saturated heterocycles. The number of hydrogen-bond donors (Lipinski definition) is 1. The average molecular weight is 231 g/mol. The summed E-state index contributed by atoms with van der Waals surface area (Å²) < 4.78 is 2.04. The smallest absolute Gasteiger partial charge is 0.180 e. The minimum atomic E-state index is 0.730. The van der Waals surface area contributed by atoms with Gasteiger partial charge in [-0.2, -0.15) is 0 Å². The van der Waals surface area contributed by atoms with E-state index < -0.39 is 0 Å². The molecule has 90 valence electrons. The van der Waals surface area contributed by atoms with Crippen LogP contribution < -0.4 is 5.32 Å². The van der Waals surface area contributed by atoms with Crippen molar-refractivity contribution >= 4 is 5.82 Å². The summed E-state index contributed by atoms with van der Waals surface area (Å²) >= 11 is 0. The molecule has 2 aromatic rings. The Bertz CT molecular complexity index is 481. The van der Waals surface area contributed by atoms with E-state index in [1.165, 1.54) is 0 Å². The summed E-state index contributed by atoms with van der Waals surface area (Å²) in [7, 11) is 1.86. The number of rotatable bonds is 4. The van der Waals surface area contributed by atoms with Crippen molar-refractivity contribution in [3.05, 3.63) is 24.3 Å². The number of nitrogens with zero attached hydrogens (tertiary/aromatic N) is 4. The average Bonchev–Trinajstić information content (AvgIpc) is 2.86. The molecule has 0 atom stereocenters. The van der Waals surface area contributed by atoms with E-state index in [0.717, 1.165) is 36.0 Å². The maximum absolute atomic E-state index is 4.54. The monoisotopic (exact) mass is 231 g/mol. The van der Waals surface area contributed by atoms with E-state index in [1.807, 2.05) is 17.7 Å². The number of nitrogens with one attached hydrogen (secondary N) is 1. The predicted molar refractivity (Wildman–Crippen MR) is 67.9 cm³/mol. The molecule has 5 heteroatoms. The van der Waals surface area contributed by atoms with Crippen LogP contribution in [-0.2, 0) is 13.0 Å². The lowest BCUT2D eigenvalue weighted by atomic mass is 10.3. The van der Waals surface area contributed by atoms with Crippen LogP contribution in [0.15, 0.2) is 18.6 Å². The van der Waals surface area contributed by atoms with Gasteiger partial charge >= 0.3 is 0 Å². The van der Waals surface area contributed by atoms with Crippen LogP contribution in [0.1, 0.15) is 19.5 Å². The molecule has 0 bridgehead atoms. The zero-order valence-corrected chi connectivity index (χ0v) is 10.4. The van der Waals surface area contributed by atoms with E-state index in [1.54, 1.807) is 12.5 Å². The molecule has 2 rings (SSSR count). The second-order valence-corrected chi connectivity index (χ2v) is 3.74. The predicted octanol–water partition coefficient (Wildman–Crippen LogP) is 1.96. The van der Waals surface area contributed by atoms with Gasteiger partial charge in [0.15, 0.2) is 5.82 Å². The van der Waals surface area contributed by atoms with E-state index in [0.29, 0.717) is 0 Å². The highest BCUT2D eigenvalue weighted by Gasteiger charge is 2.09. The largest absolute Gasteiger partial charge is 0.373 e. The van der Waals surface area contributed by atoms with Crippen molar-refractivity contribution in [1.29, 1.82) is 0 Å². The number of anilines is 1. The Labute approximate surface area is 101 Å². The zero-order chi connectivity index (χ0) is 12.3. The summed E-state index contributed by atoms with van der Waals surface area (Å²) in [5.41, 5.74) is 1.99. The molecular weight excluding hydrogens is 214 g/mol. The van der Waals surface area contributed by atoms with Crippen LogP contribution in [0.4, 0.5) is 5.82 Å². The fourth-order valence-corrected chi connectivity index (χ4v) is 1.68. The van der Waals surface area contributed by atoms with Gasteiger partial charge in [0.2, 0.25) is 0 Å². The highest BCUT2D eigenvalue weighted by molar-refractivity contribution is 5.52. The van der Waals surface area contributed by atoms with Gasteiger partial charge in [-0.15, -0.1) is 0 Å². The summed E-state index contributed by atoms with van der Waals surface area (Å²) in [4.78, 5) is 13.1. The van der Waals surface area contributed by atoms with E-state index in [-0.39, 0.29) is 0 Å². The quantitative estimate of drug-likeness (QED) is 0.874. The maximum Gasteiger partial charge on any atom is 0.180 e. The van der Waals surface area contributed by atoms with Crippen LogP contribution in [0.5, 0.6) is 0 Å². The SMILES string of the molecule is CCc1cc(NC)nc(-c2cncn2CC)n1. The lowest BCUT2D eigenvalue weighted by molar-refractivity contribution is 0.762. The van der Waals surface area contributed by atoms with Crippen LogP contribution in [-0.4, -0.2) is 26.6 Å². The Morgan fingerprint density at radius 1 is 1.29 bits per heavy atom. The molecule has 0 spiro atoms. The molecule has 0 aliphatic rings. The highest BCUT2D eigenvalue weighted by atomic mass is 15.1. The fraction of sp³-hybridized carbons (Fsp3) is 0.417. The Kier molecular flexibility index (Phi) is 3.37. The number of aryl methyl sites for hydroxylation is 2. The third kappa shape index (κ3) is 2.27. The molecule has 0 unspecified atom stereocenters. The Hall–Kier alpha value is -1.91. The van der Waals surface area contributed by atoms with Gasteiger partial charge in [0.25, 0.3) is 0 Å². The van der Waals surface area contributed by atoms with Crippen molar-refractivity contribution in [2.75, 3.05) is 12.4 Å². The molecule has 0 radical (unpaired) electrons. The summed E-state index contributed by atoms with van der Waals surface area (Å²) in [5.74, 6) is 1.57. The first-order chi connectivity index (χ1) is 8.28. The summed E-state index contributed by atoms with van der Waals surface area (Å²) in [6, 6.07) is 1.97. The number of aromatic nitrogens is 4. The molecule has 1 N–H and O–H groups in total. The Morgan fingerprint density at radius 2 is 2.12 bits per heavy atom. The third-order valence-electron chi connectivity index (χ3n) is 2.68. The summed E-state index contributed by atoms with van der Waals surface area (Å²) in [6.45, 7) is 5.03. The zero-order valence-electron chi connectivity index (χ0n) is 10.4. The van der Waals surface area contributed by atoms with Gasteiger partial charge < -0.3 is 9.88 Å². The standard InChI is InChI=1S/C12H17N5/c1-4-9-6-11(13-3)16-12(15-9)10-7-14-8-17(10)5-2/h6-8H,4-5H2,1-3H3,(H,13,15,16). The number of hydrogen-bond acceptors (Lipinski definition) is 4. The fourth-order valence-electron chi connectivity index (χ4n) is 1.68. The number of imidazole rings is 1. The van der Waals surface area contributed by atoms with Gasteiger partial charge in [0, 0.05) is 25.4 Å². The molecule has 2 heterocycles. The normalized spacial score (nSPS) is 10.5. The van der Waals surface area contributed by atoms with Gasteiger partial charge in [0.05, 0.1) is 12.5 Å². The molecule has 0 aliphatic carbocycles. The molecule has 5 nitrogen and oxygen atoms in total. The van der Waals surface area contributed by atoms with Crippen molar-refractivity contribution in [3.63, 3.8) is 0 Å². The van der Waals surface area contributed by atoms with Gasteiger partial charge in [-0.05, 0) is 13.3 Å². The Balaban J connectivity index is 2.51. The minimum absolute atomic E-state index is 0.730. The molecule has 2 aromatic heterocycles. The second kappa shape index (κ2) is 4.95.